The van der Waals surface area contributed by atoms with Gasteiger partial charge in [-0.25, -0.2) is 4.98 Å². The average molecular weight is 449 g/mol. The van der Waals surface area contributed by atoms with Crippen LogP contribution in [0.1, 0.15) is 56.0 Å². The highest BCUT2D eigenvalue weighted by Gasteiger charge is 2.20. The van der Waals surface area contributed by atoms with Crippen molar-refractivity contribution in [3.05, 3.63) is 76.3 Å². The van der Waals surface area contributed by atoms with Gasteiger partial charge >= 0.3 is 0 Å². The van der Waals surface area contributed by atoms with Gasteiger partial charge in [0.15, 0.2) is 0 Å². The number of thiophene rings is 1. The van der Waals surface area contributed by atoms with E-state index >= 15 is 0 Å². The zero-order valence-corrected chi connectivity index (χ0v) is 18.6. The van der Waals surface area contributed by atoms with Crippen LogP contribution in [0.15, 0.2) is 53.9 Å². The number of pyridine rings is 1. The molecule has 3 aromatic rings. The molecule has 0 spiro atoms. The molecule has 164 valence electrons. The summed E-state index contributed by atoms with van der Waals surface area (Å²) in [6, 6.07) is 13.7. The van der Waals surface area contributed by atoms with E-state index in [1.54, 1.807) is 41.8 Å². The second-order valence-corrected chi connectivity index (χ2v) is 8.58. The van der Waals surface area contributed by atoms with E-state index in [-0.39, 0.29) is 17.7 Å². The van der Waals surface area contributed by atoms with Gasteiger partial charge in [-0.3, -0.25) is 14.4 Å². The summed E-state index contributed by atoms with van der Waals surface area (Å²) >= 11 is 1.27. The predicted octanol–water partition coefficient (Wildman–Crippen LogP) is 4.58. The summed E-state index contributed by atoms with van der Waals surface area (Å²) < 4.78 is 0. The zero-order chi connectivity index (χ0) is 22.5. The smallest absolute Gasteiger partial charge is 0.259 e. The summed E-state index contributed by atoms with van der Waals surface area (Å²) in [4.78, 5) is 44.1. The van der Waals surface area contributed by atoms with Crippen LogP contribution >= 0.6 is 11.3 Å². The Bertz CT molecular complexity index is 1130. The molecule has 0 unspecified atom stereocenters. The number of anilines is 2. The van der Waals surface area contributed by atoms with Gasteiger partial charge in [-0.15, -0.1) is 11.3 Å². The maximum Gasteiger partial charge on any atom is 0.259 e. The zero-order valence-electron chi connectivity index (χ0n) is 17.8. The minimum absolute atomic E-state index is 0.00127. The Balaban J connectivity index is 1.41. The minimum atomic E-state index is -0.345. The fourth-order valence-corrected chi connectivity index (χ4v) is 4.38. The molecule has 3 amide bonds. The number of amides is 3. The number of hydrogen-bond donors (Lipinski definition) is 2. The molecule has 8 heteroatoms. The van der Waals surface area contributed by atoms with Crippen molar-refractivity contribution in [2.24, 2.45) is 0 Å². The molecule has 0 atom stereocenters. The van der Waals surface area contributed by atoms with Crippen molar-refractivity contribution in [3.63, 3.8) is 0 Å². The van der Waals surface area contributed by atoms with Crippen LogP contribution in [0.4, 0.5) is 10.8 Å². The van der Waals surface area contributed by atoms with E-state index in [0.29, 0.717) is 27.5 Å². The molecule has 1 aliphatic heterocycles. The topological polar surface area (TPSA) is 91.4 Å². The first-order chi connectivity index (χ1) is 15.5. The number of aryl methyl sites for hydroxylation is 1. The maximum absolute atomic E-state index is 12.7. The van der Waals surface area contributed by atoms with Crippen molar-refractivity contribution in [2.45, 2.75) is 26.2 Å². The number of carbonyl (C=O) groups is 3. The molecule has 1 aliphatic rings. The van der Waals surface area contributed by atoms with Crippen LogP contribution in [-0.2, 0) is 0 Å². The van der Waals surface area contributed by atoms with Crippen LogP contribution in [0.25, 0.3) is 0 Å². The molecule has 2 aromatic heterocycles. The van der Waals surface area contributed by atoms with Gasteiger partial charge < -0.3 is 15.5 Å². The number of rotatable bonds is 5. The molecule has 0 radical (unpaired) electrons. The van der Waals surface area contributed by atoms with Crippen LogP contribution in [0.3, 0.4) is 0 Å². The van der Waals surface area contributed by atoms with Gasteiger partial charge in [0.25, 0.3) is 17.7 Å². The number of hydrogen-bond acceptors (Lipinski definition) is 5. The van der Waals surface area contributed by atoms with Gasteiger partial charge in [0, 0.05) is 29.9 Å². The quantitative estimate of drug-likeness (QED) is 0.598. The number of likely N-dealkylation sites (tertiary alicyclic amines) is 1. The fourth-order valence-electron chi connectivity index (χ4n) is 3.60. The van der Waals surface area contributed by atoms with Crippen LogP contribution < -0.4 is 10.6 Å². The van der Waals surface area contributed by atoms with Crippen molar-refractivity contribution in [3.8, 4) is 0 Å². The van der Waals surface area contributed by atoms with Gasteiger partial charge in [0.05, 0.1) is 5.56 Å². The van der Waals surface area contributed by atoms with Crippen molar-refractivity contribution in [2.75, 3.05) is 23.7 Å². The number of piperidine rings is 1. The number of carbonyl (C=O) groups excluding carboxylic acids is 3. The van der Waals surface area contributed by atoms with Gasteiger partial charge in [-0.2, -0.15) is 0 Å². The molecule has 0 saturated carbocycles. The summed E-state index contributed by atoms with van der Waals surface area (Å²) in [5.74, 6) is -0.236. The molecule has 4 rings (SSSR count). The molecule has 3 heterocycles. The third-order valence-corrected chi connectivity index (χ3v) is 6.13. The first-order valence-corrected chi connectivity index (χ1v) is 11.4. The predicted molar refractivity (Wildman–Crippen MR) is 125 cm³/mol. The average Bonchev–Trinajstić information content (AvgIpc) is 3.27. The summed E-state index contributed by atoms with van der Waals surface area (Å²) in [5.41, 5.74) is 2.15. The Morgan fingerprint density at radius 3 is 2.31 bits per heavy atom. The normalized spacial score (nSPS) is 13.5. The Morgan fingerprint density at radius 1 is 0.875 bits per heavy atom. The third-order valence-electron chi connectivity index (χ3n) is 5.30. The van der Waals surface area contributed by atoms with E-state index in [2.05, 4.69) is 15.6 Å². The maximum atomic E-state index is 12.7. The fraction of sp³-hybridized carbons (Fsp3) is 0.250. The van der Waals surface area contributed by atoms with Crippen LogP contribution in [0.2, 0.25) is 0 Å². The summed E-state index contributed by atoms with van der Waals surface area (Å²) in [6.07, 6.45) is 3.22. The highest BCUT2D eigenvalue weighted by atomic mass is 32.1. The third kappa shape index (κ3) is 5.03. The highest BCUT2D eigenvalue weighted by Crippen LogP contribution is 2.25. The van der Waals surface area contributed by atoms with Crippen LogP contribution in [-0.4, -0.2) is 40.7 Å². The largest absolute Gasteiger partial charge is 0.339 e. The lowest BCUT2D eigenvalue weighted by molar-refractivity contribution is 0.0723. The minimum Gasteiger partial charge on any atom is -0.339 e. The Kier molecular flexibility index (Phi) is 6.61. The highest BCUT2D eigenvalue weighted by molar-refractivity contribution is 7.14. The lowest BCUT2D eigenvalue weighted by Crippen LogP contribution is -2.35. The summed E-state index contributed by atoms with van der Waals surface area (Å²) in [6.45, 7) is 3.40. The molecule has 1 fully saturated rings. The SMILES string of the molecule is Cc1cccc(NC(=O)c2ccsc2NC(=O)c2ccc(C(=O)N3CCCCC3)cc2)n1. The number of nitrogens with zero attached hydrogens (tertiary/aromatic N) is 2. The van der Waals surface area contributed by atoms with Crippen molar-refractivity contribution >= 4 is 39.9 Å². The van der Waals surface area contributed by atoms with E-state index in [9.17, 15) is 14.4 Å². The molecular formula is C24H24N4O3S. The van der Waals surface area contributed by atoms with E-state index in [1.165, 1.54) is 11.3 Å². The molecule has 0 bridgehead atoms. The molecular weight excluding hydrogens is 424 g/mol. The summed E-state index contributed by atoms with van der Waals surface area (Å²) in [7, 11) is 0. The summed E-state index contributed by atoms with van der Waals surface area (Å²) in [5, 5.41) is 7.75. The van der Waals surface area contributed by atoms with Crippen LogP contribution in [0, 0.1) is 6.92 Å². The Morgan fingerprint density at radius 2 is 1.59 bits per heavy atom. The number of benzene rings is 1. The van der Waals surface area contributed by atoms with Crippen molar-refractivity contribution < 1.29 is 14.4 Å². The van der Waals surface area contributed by atoms with E-state index in [0.717, 1.165) is 38.0 Å². The lowest BCUT2D eigenvalue weighted by Gasteiger charge is -2.26. The second-order valence-electron chi connectivity index (χ2n) is 7.67. The Labute approximate surface area is 190 Å². The van der Waals surface area contributed by atoms with E-state index in [1.807, 2.05) is 24.0 Å². The molecule has 7 nitrogen and oxygen atoms in total. The molecule has 2 N–H and O–H groups in total. The molecule has 1 saturated heterocycles. The number of nitrogens with one attached hydrogen (secondary N) is 2. The first kappa shape index (κ1) is 21.7. The van der Waals surface area contributed by atoms with Gasteiger partial charge in [-0.05, 0) is 74.0 Å². The lowest BCUT2D eigenvalue weighted by atomic mass is 10.1. The second kappa shape index (κ2) is 9.74. The molecule has 0 aliphatic carbocycles. The Hall–Kier alpha value is -3.52. The van der Waals surface area contributed by atoms with Gasteiger partial charge in [0.2, 0.25) is 0 Å². The van der Waals surface area contributed by atoms with E-state index in [4.69, 9.17) is 0 Å². The van der Waals surface area contributed by atoms with Crippen molar-refractivity contribution in [1.29, 1.82) is 0 Å². The van der Waals surface area contributed by atoms with Gasteiger partial charge in [0.1, 0.15) is 10.8 Å². The molecule has 1 aromatic carbocycles. The first-order valence-electron chi connectivity index (χ1n) is 10.5. The van der Waals surface area contributed by atoms with E-state index < -0.39 is 0 Å². The monoisotopic (exact) mass is 448 g/mol. The number of aromatic nitrogens is 1. The van der Waals surface area contributed by atoms with Crippen molar-refractivity contribution in [1.82, 2.24) is 9.88 Å². The standard InChI is InChI=1S/C24H24N4O3S/c1-16-6-5-7-20(25-16)26-22(30)19-12-15-32-23(19)27-21(29)17-8-10-18(11-9-17)24(31)28-13-3-2-4-14-28/h5-12,15H,2-4,13-14H2,1H3,(H,27,29)(H,25,26,30). The molecule has 32 heavy (non-hydrogen) atoms. The van der Waals surface area contributed by atoms with Crippen LogP contribution in [0.5, 0.6) is 0 Å². The van der Waals surface area contributed by atoms with Gasteiger partial charge in [-0.1, -0.05) is 6.07 Å².